The number of nitrogens with two attached hydrogens (primary N) is 1. The molecule has 1 aliphatic heterocycles. The molecule has 0 atom stereocenters. The number of fused-ring (bicyclic) bond motifs is 1. The summed E-state index contributed by atoms with van der Waals surface area (Å²) in [5, 5.41) is 4.31. The number of hydrazone groups is 1. The highest BCUT2D eigenvalue weighted by Gasteiger charge is 2.17. The van der Waals surface area contributed by atoms with Gasteiger partial charge in [0.05, 0.1) is 11.4 Å². The third-order valence-corrected chi connectivity index (χ3v) is 4.99. The zero-order chi connectivity index (χ0) is 16.2. The second-order valence-corrected chi connectivity index (χ2v) is 6.85. The molecule has 3 N–H and O–H groups in total. The normalized spacial score (nSPS) is 16.3. The van der Waals surface area contributed by atoms with E-state index < -0.39 is 0 Å². The highest BCUT2D eigenvalue weighted by molar-refractivity contribution is 9.10. The van der Waals surface area contributed by atoms with Gasteiger partial charge in [0.25, 0.3) is 0 Å². The lowest BCUT2D eigenvalue weighted by atomic mass is 10.1. The predicted octanol–water partition coefficient (Wildman–Crippen LogP) is 4.02. The Morgan fingerprint density at radius 3 is 2.91 bits per heavy atom. The zero-order valence-corrected chi connectivity index (χ0v) is 14.5. The maximum absolute atomic E-state index is 13.5. The summed E-state index contributed by atoms with van der Waals surface area (Å²) in [4.78, 5) is 5.29. The van der Waals surface area contributed by atoms with Gasteiger partial charge in [-0.3, -0.25) is 0 Å². The molecule has 1 aliphatic rings. The fourth-order valence-corrected chi connectivity index (χ4v) is 3.57. The molecule has 0 unspecified atom stereocenters. The van der Waals surface area contributed by atoms with Crippen molar-refractivity contribution >= 4 is 45.1 Å². The molecule has 2 aromatic carbocycles. The van der Waals surface area contributed by atoms with Crippen LogP contribution in [-0.2, 0) is 0 Å². The second-order valence-electron chi connectivity index (χ2n) is 4.86. The van der Waals surface area contributed by atoms with E-state index in [0.717, 1.165) is 32.8 Å². The van der Waals surface area contributed by atoms with Gasteiger partial charge >= 0.3 is 0 Å². The quantitative estimate of drug-likeness (QED) is 0.460. The third kappa shape index (κ3) is 3.92. The number of nitrogens with zero attached hydrogens (tertiary/aromatic N) is 2. The number of rotatable bonds is 2. The van der Waals surface area contributed by atoms with Crippen molar-refractivity contribution < 1.29 is 4.39 Å². The lowest BCUT2D eigenvalue weighted by Crippen LogP contribution is -2.28. The molecular weight excluding hydrogens is 379 g/mol. The lowest BCUT2D eigenvalue weighted by Gasteiger charge is -2.17. The first-order chi connectivity index (χ1) is 11.1. The van der Waals surface area contributed by atoms with Crippen molar-refractivity contribution in [1.29, 1.82) is 0 Å². The monoisotopic (exact) mass is 392 g/mol. The number of halogens is 2. The molecule has 4 nitrogen and oxygen atoms in total. The minimum Gasteiger partial charge on any atom is -0.368 e. The van der Waals surface area contributed by atoms with Crippen LogP contribution >= 0.6 is 27.7 Å². The Kier molecular flexibility index (Phi) is 4.97. The van der Waals surface area contributed by atoms with Crippen molar-refractivity contribution in [3.05, 3.63) is 58.3 Å². The van der Waals surface area contributed by atoms with Gasteiger partial charge in [-0.05, 0) is 46.3 Å². The molecule has 0 aliphatic carbocycles. The summed E-state index contributed by atoms with van der Waals surface area (Å²) in [6.07, 6.45) is 0.746. The molecule has 3 rings (SSSR count). The summed E-state index contributed by atoms with van der Waals surface area (Å²) < 4.78 is 14.3. The van der Waals surface area contributed by atoms with Crippen LogP contribution < -0.4 is 11.2 Å². The summed E-state index contributed by atoms with van der Waals surface area (Å²) in [6, 6.07) is 12.2. The highest BCUT2D eigenvalue weighted by Crippen LogP contribution is 2.30. The van der Waals surface area contributed by atoms with Crippen LogP contribution in [0.2, 0.25) is 0 Å². The molecule has 0 saturated heterocycles. The van der Waals surface area contributed by atoms with Gasteiger partial charge in [0.15, 0.2) is 0 Å². The van der Waals surface area contributed by atoms with E-state index in [2.05, 4.69) is 31.4 Å². The van der Waals surface area contributed by atoms with Crippen molar-refractivity contribution in [3.8, 4) is 0 Å². The number of aliphatic imine (C=N–C) groups is 1. The van der Waals surface area contributed by atoms with E-state index in [1.807, 2.05) is 24.3 Å². The Morgan fingerprint density at radius 2 is 2.09 bits per heavy atom. The molecule has 0 fully saturated rings. The van der Waals surface area contributed by atoms with Crippen molar-refractivity contribution in [2.45, 2.75) is 11.3 Å². The summed E-state index contributed by atoms with van der Waals surface area (Å²) in [6.45, 7) is 0. The van der Waals surface area contributed by atoms with Gasteiger partial charge < -0.3 is 5.73 Å². The van der Waals surface area contributed by atoms with Crippen LogP contribution in [0.3, 0.4) is 0 Å². The van der Waals surface area contributed by atoms with Gasteiger partial charge in [-0.2, -0.15) is 5.10 Å². The number of thioether (sulfide) groups is 1. The van der Waals surface area contributed by atoms with E-state index in [0.29, 0.717) is 5.69 Å². The zero-order valence-electron chi connectivity index (χ0n) is 12.1. The van der Waals surface area contributed by atoms with Gasteiger partial charge in [-0.15, -0.1) is 11.8 Å². The van der Waals surface area contributed by atoms with Crippen LogP contribution in [0.4, 0.5) is 10.1 Å². The first-order valence-corrected chi connectivity index (χ1v) is 8.75. The van der Waals surface area contributed by atoms with Crippen LogP contribution in [-0.4, -0.2) is 17.4 Å². The minimum atomic E-state index is -0.270. The van der Waals surface area contributed by atoms with Gasteiger partial charge in [0.2, 0.25) is 5.96 Å². The minimum absolute atomic E-state index is 0.181. The van der Waals surface area contributed by atoms with Crippen molar-refractivity contribution in [3.63, 3.8) is 0 Å². The average Bonchev–Trinajstić information content (AvgIpc) is 2.55. The van der Waals surface area contributed by atoms with E-state index >= 15 is 0 Å². The molecule has 1 heterocycles. The van der Waals surface area contributed by atoms with Crippen molar-refractivity contribution in [2.75, 3.05) is 5.75 Å². The Labute approximate surface area is 146 Å². The topological polar surface area (TPSA) is 62.8 Å². The molecular formula is C16H14BrFN4S. The van der Waals surface area contributed by atoms with Gasteiger partial charge in [-0.1, -0.05) is 12.1 Å². The van der Waals surface area contributed by atoms with Crippen LogP contribution in [0.5, 0.6) is 0 Å². The van der Waals surface area contributed by atoms with Crippen LogP contribution in [0, 0.1) is 5.82 Å². The molecule has 0 radical (unpaired) electrons. The summed E-state index contributed by atoms with van der Waals surface area (Å²) in [5.74, 6) is 0.815. The average molecular weight is 393 g/mol. The van der Waals surface area contributed by atoms with Gasteiger partial charge in [-0.25, -0.2) is 14.8 Å². The standard InChI is InChI=1S/C16H14BrFN4S/c17-12-3-1-2-4-14(12)20-16(19)22-21-13-7-8-23-15-6-5-10(18)9-11(13)15/h1-6,9H,7-8H2,(H3,19,20,22)/b21-13+. The highest BCUT2D eigenvalue weighted by atomic mass is 79.9. The molecule has 7 heteroatoms. The van der Waals surface area contributed by atoms with E-state index in [1.54, 1.807) is 17.8 Å². The second kappa shape index (κ2) is 7.14. The molecule has 0 aromatic heterocycles. The molecule has 118 valence electrons. The number of para-hydroxylation sites is 1. The molecule has 0 bridgehead atoms. The molecule has 2 aromatic rings. The summed E-state index contributed by atoms with van der Waals surface area (Å²) in [7, 11) is 0. The summed E-state index contributed by atoms with van der Waals surface area (Å²) in [5.41, 5.74) is 10.9. The number of hydrogen-bond donors (Lipinski definition) is 2. The van der Waals surface area contributed by atoms with Crippen LogP contribution in [0.1, 0.15) is 12.0 Å². The van der Waals surface area contributed by atoms with Crippen molar-refractivity contribution in [2.24, 2.45) is 15.8 Å². The summed E-state index contributed by atoms with van der Waals surface area (Å²) >= 11 is 5.11. The Bertz CT molecular complexity index is 791. The molecule has 0 spiro atoms. The first-order valence-electron chi connectivity index (χ1n) is 6.97. The van der Waals surface area contributed by atoms with E-state index in [9.17, 15) is 4.39 Å². The molecule has 0 amide bonds. The van der Waals surface area contributed by atoms with E-state index in [1.165, 1.54) is 12.1 Å². The number of nitrogens with one attached hydrogen (secondary N) is 1. The fraction of sp³-hybridized carbons (Fsp3) is 0.125. The number of benzene rings is 2. The lowest BCUT2D eigenvalue weighted by molar-refractivity contribution is 0.626. The number of hydrogen-bond acceptors (Lipinski definition) is 3. The largest absolute Gasteiger partial charge is 0.368 e. The fourth-order valence-electron chi connectivity index (χ4n) is 2.18. The number of guanidine groups is 1. The van der Waals surface area contributed by atoms with Crippen molar-refractivity contribution in [1.82, 2.24) is 5.43 Å². The van der Waals surface area contributed by atoms with Gasteiger partial charge in [0, 0.05) is 27.1 Å². The van der Waals surface area contributed by atoms with Crippen LogP contribution in [0.15, 0.2) is 61.9 Å². The SMILES string of the molecule is NC(=Nc1ccccc1Br)N/N=C1\CCSc2ccc(F)cc21. The van der Waals surface area contributed by atoms with E-state index in [-0.39, 0.29) is 11.8 Å². The van der Waals surface area contributed by atoms with E-state index in [4.69, 9.17) is 5.73 Å². The maximum atomic E-state index is 13.5. The Balaban J connectivity index is 1.81. The molecule has 23 heavy (non-hydrogen) atoms. The van der Waals surface area contributed by atoms with Gasteiger partial charge in [0.1, 0.15) is 5.82 Å². The molecule has 0 saturated carbocycles. The first kappa shape index (κ1) is 16.0. The smallest absolute Gasteiger partial charge is 0.214 e. The third-order valence-electron chi connectivity index (χ3n) is 3.25. The Hall–Kier alpha value is -1.86. The predicted molar refractivity (Wildman–Crippen MR) is 96.8 cm³/mol. The maximum Gasteiger partial charge on any atom is 0.214 e. The van der Waals surface area contributed by atoms with Crippen LogP contribution in [0.25, 0.3) is 0 Å². The Morgan fingerprint density at radius 1 is 1.26 bits per heavy atom.